The van der Waals surface area contributed by atoms with E-state index in [1.165, 1.54) is 0 Å². The summed E-state index contributed by atoms with van der Waals surface area (Å²) in [4.78, 5) is 23.4. The first-order valence-corrected chi connectivity index (χ1v) is 7.83. The molecule has 0 aliphatic carbocycles. The minimum atomic E-state index is -1.23. The number of carbonyl (C=O) groups excluding carboxylic acids is 2. The second-order valence-corrected chi connectivity index (χ2v) is 5.68. The molecule has 1 aliphatic heterocycles. The number of nitrogens with zero attached hydrogens (tertiary/aromatic N) is 1. The van der Waals surface area contributed by atoms with Crippen molar-refractivity contribution >= 4 is 23.3 Å². The molecule has 0 spiro atoms. The zero-order valence-corrected chi connectivity index (χ0v) is 13.6. The van der Waals surface area contributed by atoms with Crippen molar-refractivity contribution in [2.75, 3.05) is 5.32 Å². The summed E-state index contributed by atoms with van der Waals surface area (Å²) in [6.07, 6.45) is -1.23. The van der Waals surface area contributed by atoms with E-state index < -0.39 is 12.0 Å². The molecule has 3 amide bonds. The third-order valence-electron chi connectivity index (χ3n) is 3.85. The second-order valence-electron chi connectivity index (χ2n) is 5.68. The lowest BCUT2D eigenvalue weighted by Gasteiger charge is -2.21. The third-order valence-corrected chi connectivity index (χ3v) is 3.85. The number of carbonyl (C=O) groups is 2. The van der Waals surface area contributed by atoms with Gasteiger partial charge in [0.05, 0.1) is 11.8 Å². The number of rotatable bonds is 4. The molecule has 1 aliphatic rings. The first-order chi connectivity index (χ1) is 12.0. The Morgan fingerprint density at radius 1 is 1.16 bits per heavy atom. The molecule has 2 atom stereocenters. The molecule has 0 aromatic heterocycles. The van der Waals surface area contributed by atoms with Crippen LogP contribution in [0.3, 0.4) is 0 Å². The molecule has 2 aromatic rings. The van der Waals surface area contributed by atoms with Crippen molar-refractivity contribution in [3.05, 3.63) is 65.7 Å². The topological polar surface area (TPSA) is 103 Å². The van der Waals surface area contributed by atoms with Crippen LogP contribution in [0.25, 0.3) is 0 Å². The van der Waals surface area contributed by atoms with E-state index in [4.69, 9.17) is 0 Å². The molecule has 128 valence electrons. The summed E-state index contributed by atoms with van der Waals surface area (Å²) in [6, 6.07) is 15.2. The van der Waals surface area contributed by atoms with Gasteiger partial charge in [0.25, 0.3) is 5.91 Å². The number of urea groups is 1. The van der Waals surface area contributed by atoms with Crippen LogP contribution in [0.2, 0.25) is 0 Å². The molecule has 0 radical (unpaired) electrons. The van der Waals surface area contributed by atoms with E-state index in [1.54, 1.807) is 48.5 Å². The predicted molar refractivity (Wildman–Crippen MR) is 94.1 cm³/mol. The van der Waals surface area contributed by atoms with E-state index in [0.29, 0.717) is 17.0 Å². The molecular formula is C18H18N4O3. The van der Waals surface area contributed by atoms with Crippen molar-refractivity contribution in [2.24, 2.45) is 5.10 Å². The maximum atomic E-state index is 12.1. The fourth-order valence-electron chi connectivity index (χ4n) is 2.54. The lowest BCUT2D eigenvalue weighted by Crippen LogP contribution is -2.48. The van der Waals surface area contributed by atoms with Gasteiger partial charge in [0.15, 0.2) is 6.10 Å². The van der Waals surface area contributed by atoms with E-state index in [2.05, 4.69) is 21.2 Å². The van der Waals surface area contributed by atoms with Crippen molar-refractivity contribution in [1.82, 2.24) is 10.7 Å². The summed E-state index contributed by atoms with van der Waals surface area (Å²) in [6.45, 7) is 1.84. The number of aliphatic hydroxyl groups is 1. The number of hydrogen-bond donors (Lipinski definition) is 4. The zero-order valence-electron chi connectivity index (χ0n) is 13.6. The number of hydrazone groups is 1. The number of anilines is 1. The van der Waals surface area contributed by atoms with Crippen molar-refractivity contribution in [3.63, 3.8) is 0 Å². The van der Waals surface area contributed by atoms with E-state index in [-0.39, 0.29) is 12.1 Å². The van der Waals surface area contributed by atoms with E-state index in [0.717, 1.165) is 5.56 Å². The van der Waals surface area contributed by atoms with Crippen LogP contribution in [0, 0.1) is 0 Å². The van der Waals surface area contributed by atoms with Gasteiger partial charge in [-0.3, -0.25) is 4.79 Å². The highest BCUT2D eigenvalue weighted by molar-refractivity contribution is 6.07. The molecule has 4 N–H and O–H groups in total. The highest BCUT2D eigenvalue weighted by Crippen LogP contribution is 2.17. The molecule has 0 fully saturated rings. The maximum Gasteiger partial charge on any atom is 0.335 e. The van der Waals surface area contributed by atoms with Gasteiger partial charge in [-0.15, -0.1) is 0 Å². The Hall–Kier alpha value is -3.19. The lowest BCUT2D eigenvalue weighted by molar-refractivity contribution is -0.124. The quantitative estimate of drug-likeness (QED) is 0.683. The second kappa shape index (κ2) is 7.14. The summed E-state index contributed by atoms with van der Waals surface area (Å²) in [7, 11) is 0. The molecular weight excluding hydrogens is 320 g/mol. The maximum absolute atomic E-state index is 12.1. The fraction of sp³-hybridized carbons (Fsp3) is 0.167. The normalized spacial score (nSPS) is 17.8. The van der Waals surface area contributed by atoms with Crippen molar-refractivity contribution in [3.8, 4) is 0 Å². The van der Waals surface area contributed by atoms with Crippen molar-refractivity contribution < 1.29 is 14.7 Å². The Bertz CT molecular complexity index is 803. The molecule has 1 unspecified atom stereocenters. The van der Waals surface area contributed by atoms with Crippen LogP contribution in [0.5, 0.6) is 0 Å². The average molecular weight is 338 g/mol. The standard InChI is InChI=1S/C18H18N4O3/c1-11-15(21-22-18(25)19-11)12-7-9-14(10-8-12)20-17(24)16(23)13-5-3-2-4-6-13/h2-11,16,23H,1H3,(H,20,24)(H2,19,22,25)/t11?,16-/m1/s1. The monoisotopic (exact) mass is 338 g/mol. The predicted octanol–water partition coefficient (Wildman–Crippen LogP) is 1.76. The highest BCUT2D eigenvalue weighted by Gasteiger charge is 2.21. The molecule has 2 aromatic carbocycles. The number of amides is 3. The van der Waals surface area contributed by atoms with Crippen LogP contribution >= 0.6 is 0 Å². The zero-order chi connectivity index (χ0) is 17.8. The Morgan fingerprint density at radius 3 is 2.48 bits per heavy atom. The summed E-state index contributed by atoms with van der Waals surface area (Å²) in [5, 5.41) is 19.5. The van der Waals surface area contributed by atoms with Gasteiger partial charge in [-0.05, 0) is 24.6 Å². The lowest BCUT2D eigenvalue weighted by atomic mass is 10.0. The van der Waals surface area contributed by atoms with Crippen LogP contribution < -0.4 is 16.1 Å². The molecule has 7 nitrogen and oxygen atoms in total. The Labute approximate surface area is 144 Å². The highest BCUT2D eigenvalue weighted by atomic mass is 16.3. The Morgan fingerprint density at radius 2 is 1.84 bits per heavy atom. The molecule has 7 heteroatoms. The SMILES string of the molecule is CC1NC(=O)NN=C1c1ccc(NC(=O)[C@H](O)c2ccccc2)cc1. The van der Waals surface area contributed by atoms with Crippen LogP contribution in [-0.4, -0.2) is 28.8 Å². The summed E-state index contributed by atoms with van der Waals surface area (Å²) in [5.41, 5.74) is 4.98. The molecule has 3 rings (SSSR count). The van der Waals surface area contributed by atoms with Gasteiger partial charge >= 0.3 is 6.03 Å². The van der Waals surface area contributed by atoms with Gasteiger partial charge < -0.3 is 15.7 Å². The fourth-order valence-corrected chi connectivity index (χ4v) is 2.54. The third kappa shape index (κ3) is 3.84. The van der Waals surface area contributed by atoms with Crippen molar-refractivity contribution in [2.45, 2.75) is 19.1 Å². The molecule has 25 heavy (non-hydrogen) atoms. The van der Waals surface area contributed by atoms with Crippen LogP contribution in [0.1, 0.15) is 24.2 Å². The number of aliphatic hydroxyl groups excluding tert-OH is 1. The van der Waals surface area contributed by atoms with Gasteiger partial charge in [-0.25, -0.2) is 10.2 Å². The Balaban J connectivity index is 1.69. The van der Waals surface area contributed by atoms with Crippen LogP contribution in [-0.2, 0) is 4.79 Å². The summed E-state index contributed by atoms with van der Waals surface area (Å²) < 4.78 is 0. The minimum Gasteiger partial charge on any atom is -0.378 e. The van der Waals surface area contributed by atoms with E-state index in [9.17, 15) is 14.7 Å². The van der Waals surface area contributed by atoms with Gasteiger partial charge in [0, 0.05) is 11.3 Å². The summed E-state index contributed by atoms with van der Waals surface area (Å²) >= 11 is 0. The minimum absolute atomic E-state index is 0.214. The summed E-state index contributed by atoms with van der Waals surface area (Å²) in [5.74, 6) is -0.503. The number of hydrogen-bond acceptors (Lipinski definition) is 4. The smallest absolute Gasteiger partial charge is 0.335 e. The van der Waals surface area contributed by atoms with E-state index in [1.807, 2.05) is 13.0 Å². The molecule has 1 heterocycles. The number of benzene rings is 2. The van der Waals surface area contributed by atoms with Gasteiger partial charge in [0.2, 0.25) is 0 Å². The molecule has 0 saturated heterocycles. The average Bonchev–Trinajstić information content (AvgIpc) is 2.63. The number of nitrogens with one attached hydrogen (secondary N) is 3. The Kier molecular flexibility index (Phi) is 4.76. The first-order valence-electron chi connectivity index (χ1n) is 7.83. The first kappa shape index (κ1) is 16.7. The van der Waals surface area contributed by atoms with Crippen molar-refractivity contribution in [1.29, 1.82) is 0 Å². The van der Waals surface area contributed by atoms with E-state index >= 15 is 0 Å². The van der Waals surface area contributed by atoms with Crippen LogP contribution in [0.4, 0.5) is 10.5 Å². The molecule has 0 bridgehead atoms. The largest absolute Gasteiger partial charge is 0.378 e. The molecule has 0 saturated carbocycles. The van der Waals surface area contributed by atoms with Gasteiger partial charge in [0.1, 0.15) is 0 Å². The van der Waals surface area contributed by atoms with Gasteiger partial charge in [-0.2, -0.15) is 5.10 Å². The van der Waals surface area contributed by atoms with Crippen LogP contribution in [0.15, 0.2) is 59.7 Å². The van der Waals surface area contributed by atoms with Gasteiger partial charge in [-0.1, -0.05) is 42.5 Å².